The van der Waals surface area contributed by atoms with E-state index in [9.17, 15) is 4.79 Å². The maximum Gasteiger partial charge on any atom is 0.227 e. The van der Waals surface area contributed by atoms with Crippen LogP contribution in [0.4, 0.5) is 5.69 Å². The number of hydrogen-bond acceptors (Lipinski definition) is 3. The summed E-state index contributed by atoms with van der Waals surface area (Å²) < 4.78 is 5.45. The second-order valence-corrected chi connectivity index (χ2v) is 4.89. The van der Waals surface area contributed by atoms with Crippen LogP contribution in [0.15, 0.2) is 22.6 Å². The Bertz CT molecular complexity index is 582. The predicted octanol–water partition coefficient (Wildman–Crippen LogP) is 3.26. The van der Waals surface area contributed by atoms with Gasteiger partial charge in [0.25, 0.3) is 0 Å². The molecule has 1 aromatic carbocycles. The third-order valence-corrected chi connectivity index (χ3v) is 3.49. The Labute approximate surface area is 105 Å². The van der Waals surface area contributed by atoms with Crippen LogP contribution >= 0.6 is 0 Å². The normalized spacial score (nSPS) is 16.3. The Balaban J connectivity index is 1.79. The molecule has 1 amide bonds. The van der Waals surface area contributed by atoms with Crippen molar-refractivity contribution in [2.45, 2.75) is 32.6 Å². The molecule has 1 aliphatic rings. The molecule has 2 aromatic rings. The Morgan fingerprint density at radius 1 is 1.39 bits per heavy atom. The van der Waals surface area contributed by atoms with E-state index in [1.54, 1.807) is 0 Å². The third kappa shape index (κ3) is 2.10. The lowest BCUT2D eigenvalue weighted by molar-refractivity contribution is -0.119. The Kier molecular flexibility index (Phi) is 2.78. The van der Waals surface area contributed by atoms with Crippen molar-refractivity contribution in [1.82, 2.24) is 4.98 Å². The number of nitrogens with one attached hydrogen (secondary N) is 1. The van der Waals surface area contributed by atoms with Gasteiger partial charge in [0.15, 0.2) is 11.5 Å². The number of nitrogens with zero attached hydrogens (tertiary/aromatic N) is 1. The van der Waals surface area contributed by atoms with Crippen molar-refractivity contribution in [1.29, 1.82) is 0 Å². The highest BCUT2D eigenvalue weighted by Crippen LogP contribution is 2.26. The van der Waals surface area contributed by atoms with Gasteiger partial charge in [-0.2, -0.15) is 0 Å². The highest BCUT2D eigenvalue weighted by atomic mass is 16.3. The van der Waals surface area contributed by atoms with E-state index in [-0.39, 0.29) is 11.8 Å². The van der Waals surface area contributed by atoms with Crippen molar-refractivity contribution >= 4 is 22.7 Å². The smallest absolute Gasteiger partial charge is 0.227 e. The Morgan fingerprint density at radius 2 is 2.17 bits per heavy atom. The first kappa shape index (κ1) is 11.3. The lowest BCUT2D eigenvalue weighted by Crippen LogP contribution is -2.20. The third-order valence-electron chi connectivity index (χ3n) is 3.49. The van der Waals surface area contributed by atoms with Gasteiger partial charge in [-0.05, 0) is 25.0 Å². The summed E-state index contributed by atoms with van der Waals surface area (Å²) in [5, 5.41) is 2.96. The van der Waals surface area contributed by atoms with Gasteiger partial charge in [0, 0.05) is 24.6 Å². The summed E-state index contributed by atoms with van der Waals surface area (Å²) in [4.78, 5) is 16.2. The number of benzene rings is 1. The van der Waals surface area contributed by atoms with Crippen LogP contribution in [0.3, 0.4) is 0 Å². The average Bonchev–Trinajstić information content (AvgIpc) is 2.95. The van der Waals surface area contributed by atoms with Crippen molar-refractivity contribution in [3.8, 4) is 0 Å². The molecule has 0 radical (unpaired) electrons. The molecule has 0 spiro atoms. The molecule has 0 atom stereocenters. The molecule has 1 aromatic heterocycles. The summed E-state index contributed by atoms with van der Waals surface area (Å²) in [5.74, 6) is 0.949. The van der Waals surface area contributed by atoms with E-state index in [2.05, 4.69) is 10.3 Å². The van der Waals surface area contributed by atoms with Crippen molar-refractivity contribution in [2.75, 3.05) is 5.32 Å². The summed E-state index contributed by atoms with van der Waals surface area (Å²) in [5.41, 5.74) is 2.33. The number of aromatic nitrogens is 1. The summed E-state index contributed by atoms with van der Waals surface area (Å²) >= 11 is 0. The van der Waals surface area contributed by atoms with E-state index in [4.69, 9.17) is 4.42 Å². The highest BCUT2D eigenvalue weighted by Gasteiger charge is 2.22. The van der Waals surface area contributed by atoms with Crippen molar-refractivity contribution in [3.05, 3.63) is 24.1 Å². The molecule has 4 heteroatoms. The first-order valence-corrected chi connectivity index (χ1v) is 6.40. The summed E-state index contributed by atoms with van der Waals surface area (Å²) in [6.07, 6.45) is 4.35. The van der Waals surface area contributed by atoms with Gasteiger partial charge in [0.05, 0.1) is 0 Å². The summed E-state index contributed by atoms with van der Waals surface area (Å²) in [6.45, 7) is 1.82. The minimum Gasteiger partial charge on any atom is -0.441 e. The lowest BCUT2D eigenvalue weighted by atomic mass is 10.1. The van der Waals surface area contributed by atoms with Gasteiger partial charge < -0.3 is 9.73 Å². The molecule has 1 N–H and O–H groups in total. The zero-order chi connectivity index (χ0) is 12.5. The topological polar surface area (TPSA) is 55.1 Å². The fourth-order valence-electron chi connectivity index (χ4n) is 2.55. The van der Waals surface area contributed by atoms with Crippen LogP contribution < -0.4 is 5.32 Å². The highest BCUT2D eigenvalue weighted by molar-refractivity contribution is 5.94. The number of oxazole rings is 1. The maximum absolute atomic E-state index is 12.0. The second kappa shape index (κ2) is 4.44. The molecule has 0 saturated heterocycles. The number of amides is 1. The van der Waals surface area contributed by atoms with E-state index in [1.807, 2.05) is 25.1 Å². The molecule has 0 bridgehead atoms. The van der Waals surface area contributed by atoms with Gasteiger partial charge in [0.1, 0.15) is 5.52 Å². The van der Waals surface area contributed by atoms with Gasteiger partial charge in [-0.3, -0.25) is 4.79 Å². The minimum atomic E-state index is 0.128. The summed E-state index contributed by atoms with van der Waals surface area (Å²) in [6, 6.07) is 5.58. The van der Waals surface area contributed by atoms with Crippen LogP contribution in [0.5, 0.6) is 0 Å². The van der Waals surface area contributed by atoms with E-state index in [0.29, 0.717) is 5.89 Å². The van der Waals surface area contributed by atoms with Crippen LogP contribution in [-0.2, 0) is 4.79 Å². The van der Waals surface area contributed by atoms with E-state index in [0.717, 1.165) is 29.6 Å². The first-order chi connectivity index (χ1) is 8.72. The number of carbonyl (C=O) groups is 1. The molecule has 3 rings (SSSR count). The average molecular weight is 244 g/mol. The monoisotopic (exact) mass is 244 g/mol. The van der Waals surface area contributed by atoms with Gasteiger partial charge in [0.2, 0.25) is 5.91 Å². The van der Waals surface area contributed by atoms with E-state index in [1.165, 1.54) is 12.8 Å². The van der Waals surface area contributed by atoms with Crippen LogP contribution in [0.25, 0.3) is 11.1 Å². The molecule has 0 aliphatic heterocycles. The van der Waals surface area contributed by atoms with Crippen molar-refractivity contribution in [3.63, 3.8) is 0 Å². The fourth-order valence-corrected chi connectivity index (χ4v) is 2.55. The predicted molar refractivity (Wildman–Crippen MR) is 69.3 cm³/mol. The molecule has 94 valence electrons. The van der Waals surface area contributed by atoms with Crippen LogP contribution in [0.2, 0.25) is 0 Å². The second-order valence-electron chi connectivity index (χ2n) is 4.89. The number of fused-ring (bicyclic) bond motifs is 1. The maximum atomic E-state index is 12.0. The largest absolute Gasteiger partial charge is 0.441 e. The first-order valence-electron chi connectivity index (χ1n) is 6.40. The Morgan fingerprint density at radius 3 is 2.94 bits per heavy atom. The number of rotatable bonds is 2. The molecule has 0 unspecified atom stereocenters. The molecule has 1 heterocycles. The molecular weight excluding hydrogens is 228 g/mol. The van der Waals surface area contributed by atoms with Crippen LogP contribution in [0.1, 0.15) is 31.6 Å². The fraction of sp³-hybridized carbons (Fsp3) is 0.429. The van der Waals surface area contributed by atoms with Gasteiger partial charge >= 0.3 is 0 Å². The SMILES string of the molecule is Cc1nc2ccc(NC(=O)C3CCCC3)cc2o1. The number of aryl methyl sites for hydroxylation is 1. The lowest BCUT2D eigenvalue weighted by Gasteiger charge is -2.09. The molecule has 1 fully saturated rings. The molecule has 1 aliphatic carbocycles. The minimum absolute atomic E-state index is 0.128. The van der Waals surface area contributed by atoms with Crippen LogP contribution in [0, 0.1) is 12.8 Å². The van der Waals surface area contributed by atoms with Crippen molar-refractivity contribution in [2.24, 2.45) is 5.92 Å². The van der Waals surface area contributed by atoms with Crippen LogP contribution in [-0.4, -0.2) is 10.9 Å². The van der Waals surface area contributed by atoms with Gasteiger partial charge in [-0.1, -0.05) is 12.8 Å². The zero-order valence-electron chi connectivity index (χ0n) is 10.4. The van der Waals surface area contributed by atoms with E-state index >= 15 is 0 Å². The van der Waals surface area contributed by atoms with Gasteiger partial charge in [-0.25, -0.2) is 4.98 Å². The quantitative estimate of drug-likeness (QED) is 0.882. The van der Waals surface area contributed by atoms with Gasteiger partial charge in [-0.15, -0.1) is 0 Å². The number of anilines is 1. The number of hydrogen-bond donors (Lipinski definition) is 1. The molecular formula is C14H16N2O2. The zero-order valence-corrected chi connectivity index (χ0v) is 10.4. The van der Waals surface area contributed by atoms with Crippen molar-refractivity contribution < 1.29 is 9.21 Å². The van der Waals surface area contributed by atoms with E-state index < -0.39 is 0 Å². The molecule has 18 heavy (non-hydrogen) atoms. The Hall–Kier alpha value is -1.84. The molecule has 4 nitrogen and oxygen atoms in total. The summed E-state index contributed by atoms with van der Waals surface area (Å²) in [7, 11) is 0. The number of carbonyl (C=O) groups excluding carboxylic acids is 1. The molecule has 1 saturated carbocycles. The standard InChI is InChI=1S/C14H16N2O2/c1-9-15-12-7-6-11(8-13(12)18-9)16-14(17)10-4-2-3-5-10/h6-8,10H,2-5H2,1H3,(H,16,17).